The number of hydrogen-bond donors (Lipinski definition) is 1. The molecule has 2 aromatic carbocycles. The Hall–Kier alpha value is -3.11. The van der Waals surface area contributed by atoms with Crippen LogP contribution in [-0.4, -0.2) is 59.8 Å². The fourth-order valence-electron chi connectivity index (χ4n) is 2.42. The Bertz CT molecular complexity index is 991. The van der Waals surface area contributed by atoms with E-state index in [-0.39, 0.29) is 10.6 Å². The van der Waals surface area contributed by atoms with Gasteiger partial charge in [-0.15, -0.1) is 0 Å². The van der Waals surface area contributed by atoms with Crippen LogP contribution in [0.3, 0.4) is 0 Å². The summed E-state index contributed by atoms with van der Waals surface area (Å²) in [6, 6.07) is 11.5. The number of amides is 1. The average Bonchev–Trinajstić information content (AvgIpc) is 2.73. The molecule has 0 aliphatic rings. The molecule has 156 valence electrons. The third kappa shape index (κ3) is 5.46. The van der Waals surface area contributed by atoms with Crippen LogP contribution in [-0.2, 0) is 14.8 Å². The van der Waals surface area contributed by atoms with Crippen molar-refractivity contribution < 1.29 is 27.4 Å². The number of hydrazone groups is 1. The predicted octanol–water partition coefficient (Wildman–Crippen LogP) is 1.48. The molecule has 9 nitrogen and oxygen atoms in total. The molecule has 29 heavy (non-hydrogen) atoms. The zero-order valence-corrected chi connectivity index (χ0v) is 17.4. The number of nitrogens with zero attached hydrogens (tertiary/aromatic N) is 2. The molecule has 1 N–H and O–H groups in total. The number of hydrogen-bond acceptors (Lipinski definition) is 7. The summed E-state index contributed by atoms with van der Waals surface area (Å²) in [6.45, 7) is -0.439. The molecule has 0 bridgehead atoms. The standard InChI is InChI=1S/C19H23N3O6S/c1-22(29(24,25)18-11-15(26-2)9-10-17(18)28-4)13-19(23)21-20-12-14-7-5-6-8-16(14)27-3/h5-12H,13H2,1-4H3,(H,21,23). The molecule has 2 aromatic rings. The third-order valence-corrected chi connectivity index (χ3v) is 5.78. The molecular formula is C19H23N3O6S. The number of likely N-dealkylation sites (N-methyl/N-ethyl adjacent to an activating group) is 1. The van der Waals surface area contributed by atoms with Crippen LogP contribution in [0.5, 0.6) is 17.2 Å². The van der Waals surface area contributed by atoms with E-state index < -0.39 is 22.5 Å². The zero-order valence-electron chi connectivity index (χ0n) is 16.6. The van der Waals surface area contributed by atoms with E-state index in [0.717, 1.165) is 4.31 Å². The average molecular weight is 421 g/mol. The highest BCUT2D eigenvalue weighted by Gasteiger charge is 2.27. The van der Waals surface area contributed by atoms with Crippen molar-refractivity contribution in [3.63, 3.8) is 0 Å². The van der Waals surface area contributed by atoms with E-state index in [1.54, 1.807) is 30.3 Å². The smallest absolute Gasteiger partial charge is 0.255 e. The summed E-state index contributed by atoms with van der Waals surface area (Å²) >= 11 is 0. The number of carbonyl (C=O) groups excluding carboxylic acids is 1. The monoisotopic (exact) mass is 421 g/mol. The number of sulfonamides is 1. The minimum absolute atomic E-state index is 0.104. The second-order valence-corrected chi connectivity index (χ2v) is 7.83. The molecule has 0 atom stereocenters. The first-order valence-corrected chi connectivity index (χ1v) is 9.90. The number of rotatable bonds is 9. The molecule has 0 heterocycles. The van der Waals surface area contributed by atoms with Crippen LogP contribution in [0, 0.1) is 0 Å². The molecule has 0 saturated carbocycles. The van der Waals surface area contributed by atoms with E-state index in [2.05, 4.69) is 10.5 Å². The maximum absolute atomic E-state index is 12.8. The minimum atomic E-state index is -4.00. The lowest BCUT2D eigenvalue weighted by Gasteiger charge is -2.18. The van der Waals surface area contributed by atoms with Crippen molar-refractivity contribution in [1.29, 1.82) is 0 Å². The van der Waals surface area contributed by atoms with E-state index >= 15 is 0 Å². The fourth-order valence-corrected chi connectivity index (χ4v) is 3.72. The van der Waals surface area contributed by atoms with Gasteiger partial charge in [0.1, 0.15) is 22.1 Å². The highest BCUT2D eigenvalue weighted by atomic mass is 32.2. The van der Waals surface area contributed by atoms with Crippen LogP contribution in [0.4, 0.5) is 0 Å². The van der Waals surface area contributed by atoms with Crippen LogP contribution in [0.25, 0.3) is 0 Å². The second kappa shape index (κ2) is 9.89. The Morgan fingerprint density at radius 3 is 2.41 bits per heavy atom. The first-order chi connectivity index (χ1) is 13.8. The van der Waals surface area contributed by atoms with E-state index in [9.17, 15) is 13.2 Å². The topological polar surface area (TPSA) is 107 Å². The Balaban J connectivity index is 2.09. The summed E-state index contributed by atoms with van der Waals surface area (Å²) in [4.78, 5) is 12.0. The van der Waals surface area contributed by atoms with Gasteiger partial charge in [-0.05, 0) is 24.3 Å². The number of carbonyl (C=O) groups is 1. The second-order valence-electron chi connectivity index (χ2n) is 5.81. The molecule has 0 radical (unpaired) electrons. The lowest BCUT2D eigenvalue weighted by Crippen LogP contribution is -2.36. The Morgan fingerprint density at radius 1 is 1.07 bits per heavy atom. The van der Waals surface area contributed by atoms with Gasteiger partial charge in [-0.2, -0.15) is 9.41 Å². The molecule has 0 saturated heterocycles. The third-order valence-electron chi connectivity index (χ3n) is 3.96. The number of benzene rings is 2. The van der Waals surface area contributed by atoms with Gasteiger partial charge in [-0.1, -0.05) is 12.1 Å². The summed E-state index contributed by atoms with van der Waals surface area (Å²) in [6.07, 6.45) is 1.41. The SMILES string of the molecule is COc1ccc(OC)c(S(=O)(=O)N(C)CC(=O)NN=Cc2ccccc2OC)c1. The molecule has 0 aliphatic carbocycles. The van der Waals surface area contributed by atoms with Gasteiger partial charge in [0.2, 0.25) is 10.0 Å². The molecule has 0 unspecified atom stereocenters. The maximum atomic E-state index is 12.8. The number of para-hydroxylation sites is 1. The first-order valence-electron chi connectivity index (χ1n) is 8.46. The zero-order chi connectivity index (χ0) is 21.4. The molecule has 0 spiro atoms. The summed E-state index contributed by atoms with van der Waals surface area (Å²) in [5, 5.41) is 3.85. The van der Waals surface area contributed by atoms with Crippen molar-refractivity contribution in [3.8, 4) is 17.2 Å². The van der Waals surface area contributed by atoms with Crippen LogP contribution in [0.2, 0.25) is 0 Å². The Kier molecular flexibility index (Phi) is 7.57. The van der Waals surface area contributed by atoms with E-state index in [0.29, 0.717) is 17.1 Å². The van der Waals surface area contributed by atoms with E-state index in [1.807, 2.05) is 0 Å². The van der Waals surface area contributed by atoms with Gasteiger partial charge in [0.05, 0.1) is 34.1 Å². The highest BCUT2D eigenvalue weighted by molar-refractivity contribution is 7.89. The molecular weight excluding hydrogens is 398 g/mol. The predicted molar refractivity (Wildman–Crippen MR) is 108 cm³/mol. The Morgan fingerprint density at radius 2 is 1.76 bits per heavy atom. The highest BCUT2D eigenvalue weighted by Crippen LogP contribution is 2.30. The number of nitrogens with one attached hydrogen (secondary N) is 1. The van der Waals surface area contributed by atoms with E-state index in [4.69, 9.17) is 14.2 Å². The Labute approximate surface area is 169 Å². The lowest BCUT2D eigenvalue weighted by molar-refractivity contribution is -0.121. The van der Waals surface area contributed by atoms with Gasteiger partial charge in [-0.25, -0.2) is 13.8 Å². The lowest BCUT2D eigenvalue weighted by atomic mass is 10.2. The van der Waals surface area contributed by atoms with E-state index in [1.165, 1.54) is 46.7 Å². The van der Waals surface area contributed by atoms with Gasteiger partial charge in [0, 0.05) is 18.7 Å². The van der Waals surface area contributed by atoms with Gasteiger partial charge in [0.15, 0.2) is 0 Å². The van der Waals surface area contributed by atoms with Crippen LogP contribution in [0.15, 0.2) is 52.5 Å². The van der Waals surface area contributed by atoms with Crippen molar-refractivity contribution in [1.82, 2.24) is 9.73 Å². The van der Waals surface area contributed by atoms with Gasteiger partial charge < -0.3 is 14.2 Å². The van der Waals surface area contributed by atoms with Crippen molar-refractivity contribution >= 4 is 22.1 Å². The van der Waals surface area contributed by atoms with Crippen LogP contribution in [0.1, 0.15) is 5.56 Å². The summed E-state index contributed by atoms with van der Waals surface area (Å²) < 4.78 is 42.0. The first kappa shape index (κ1) is 22.2. The van der Waals surface area contributed by atoms with Gasteiger partial charge in [0.25, 0.3) is 5.91 Å². The largest absolute Gasteiger partial charge is 0.497 e. The summed E-state index contributed by atoms with van der Waals surface area (Å²) in [5.74, 6) is 0.482. The molecule has 2 rings (SSSR count). The maximum Gasteiger partial charge on any atom is 0.255 e. The van der Waals surface area contributed by atoms with Crippen LogP contribution < -0.4 is 19.6 Å². The van der Waals surface area contributed by atoms with Gasteiger partial charge >= 0.3 is 0 Å². The molecule has 10 heteroatoms. The minimum Gasteiger partial charge on any atom is -0.497 e. The van der Waals surface area contributed by atoms with Crippen molar-refractivity contribution in [2.45, 2.75) is 4.90 Å². The summed E-state index contributed by atoms with van der Waals surface area (Å²) in [7, 11) is 1.60. The van der Waals surface area contributed by atoms with Crippen molar-refractivity contribution in [2.75, 3.05) is 34.9 Å². The van der Waals surface area contributed by atoms with Gasteiger partial charge in [-0.3, -0.25) is 4.79 Å². The normalized spacial score (nSPS) is 11.5. The number of methoxy groups -OCH3 is 3. The summed E-state index contributed by atoms with van der Waals surface area (Å²) in [5.41, 5.74) is 2.97. The molecule has 1 amide bonds. The molecule has 0 aliphatic heterocycles. The number of ether oxygens (including phenoxy) is 3. The van der Waals surface area contributed by atoms with Crippen molar-refractivity contribution in [3.05, 3.63) is 48.0 Å². The quantitative estimate of drug-likeness (QED) is 0.486. The fraction of sp³-hybridized carbons (Fsp3) is 0.263. The van der Waals surface area contributed by atoms with Crippen LogP contribution >= 0.6 is 0 Å². The van der Waals surface area contributed by atoms with Crippen molar-refractivity contribution in [2.24, 2.45) is 5.10 Å². The molecule has 0 fully saturated rings. The molecule has 0 aromatic heterocycles.